The molecule has 0 aliphatic carbocycles. The highest BCUT2D eigenvalue weighted by molar-refractivity contribution is 5.87. The van der Waals surface area contributed by atoms with E-state index in [1.165, 1.54) is 7.05 Å². The third-order valence-corrected chi connectivity index (χ3v) is 3.20. The Labute approximate surface area is 111 Å². The van der Waals surface area contributed by atoms with E-state index in [9.17, 15) is 14.7 Å². The molecule has 1 unspecified atom stereocenters. The molecule has 19 heavy (non-hydrogen) atoms. The van der Waals surface area contributed by atoms with Crippen molar-refractivity contribution in [2.45, 2.75) is 38.9 Å². The molecule has 1 aromatic rings. The van der Waals surface area contributed by atoms with Crippen molar-refractivity contribution in [2.24, 2.45) is 0 Å². The van der Waals surface area contributed by atoms with Crippen molar-refractivity contribution in [3.63, 3.8) is 0 Å². The number of rotatable bonds is 1. The van der Waals surface area contributed by atoms with Crippen molar-refractivity contribution in [1.29, 1.82) is 0 Å². The summed E-state index contributed by atoms with van der Waals surface area (Å²) in [6.45, 7) is 6.13. The summed E-state index contributed by atoms with van der Waals surface area (Å²) in [6, 6.07) is -0.811. The van der Waals surface area contributed by atoms with Gasteiger partial charge in [-0.3, -0.25) is 14.4 Å². The van der Waals surface area contributed by atoms with Crippen LogP contribution in [-0.2, 0) is 16.9 Å². The zero-order valence-corrected chi connectivity index (χ0v) is 11.5. The first-order valence-electron chi connectivity index (χ1n) is 6.05. The standard InChI is InChI=1S/C12H18N4O3/c1-12(2,3)16-8-6-15(11(18)19)9(10(17)13-4)7(8)5-14-16/h5,9H,6H2,1-4H3,(H,13,17)(H,18,19). The van der Waals surface area contributed by atoms with Crippen molar-refractivity contribution in [1.82, 2.24) is 20.0 Å². The van der Waals surface area contributed by atoms with Gasteiger partial charge in [0.15, 0.2) is 0 Å². The fourth-order valence-corrected chi connectivity index (χ4v) is 2.37. The molecule has 1 aliphatic heterocycles. The third kappa shape index (κ3) is 2.05. The van der Waals surface area contributed by atoms with E-state index in [0.717, 1.165) is 10.6 Å². The number of carboxylic acid groups (broad SMARTS) is 1. The largest absolute Gasteiger partial charge is 0.465 e. The van der Waals surface area contributed by atoms with E-state index in [4.69, 9.17) is 0 Å². The van der Waals surface area contributed by atoms with E-state index >= 15 is 0 Å². The summed E-state index contributed by atoms with van der Waals surface area (Å²) in [5.41, 5.74) is 1.19. The minimum absolute atomic E-state index is 0.181. The summed E-state index contributed by atoms with van der Waals surface area (Å²) in [5, 5.41) is 16.0. The van der Waals surface area contributed by atoms with Gasteiger partial charge in [0, 0.05) is 12.6 Å². The molecule has 1 aliphatic rings. The van der Waals surface area contributed by atoms with Crippen LogP contribution in [0.25, 0.3) is 0 Å². The molecular weight excluding hydrogens is 248 g/mol. The smallest absolute Gasteiger partial charge is 0.408 e. The predicted molar refractivity (Wildman–Crippen MR) is 67.6 cm³/mol. The average Bonchev–Trinajstić information content (AvgIpc) is 2.83. The highest BCUT2D eigenvalue weighted by Crippen LogP contribution is 2.35. The number of aromatic nitrogens is 2. The van der Waals surface area contributed by atoms with Crippen molar-refractivity contribution in [2.75, 3.05) is 7.05 Å². The number of nitrogens with zero attached hydrogens (tertiary/aromatic N) is 3. The molecule has 0 radical (unpaired) electrons. The highest BCUT2D eigenvalue weighted by Gasteiger charge is 2.42. The third-order valence-electron chi connectivity index (χ3n) is 3.20. The number of carbonyl (C=O) groups is 2. The average molecular weight is 266 g/mol. The molecule has 0 spiro atoms. The van der Waals surface area contributed by atoms with E-state index in [0.29, 0.717) is 5.56 Å². The number of likely N-dealkylation sites (N-methyl/N-ethyl adjacent to an activating group) is 1. The van der Waals surface area contributed by atoms with E-state index in [2.05, 4.69) is 10.4 Å². The van der Waals surface area contributed by atoms with Crippen LogP contribution in [0.15, 0.2) is 6.20 Å². The lowest BCUT2D eigenvalue weighted by Crippen LogP contribution is -2.38. The van der Waals surface area contributed by atoms with E-state index in [1.54, 1.807) is 10.9 Å². The van der Waals surface area contributed by atoms with E-state index < -0.39 is 12.1 Å². The van der Waals surface area contributed by atoms with Gasteiger partial charge in [0.1, 0.15) is 6.04 Å². The van der Waals surface area contributed by atoms with Crippen molar-refractivity contribution >= 4 is 12.0 Å². The highest BCUT2D eigenvalue weighted by atomic mass is 16.4. The Balaban J connectivity index is 2.49. The van der Waals surface area contributed by atoms with Crippen LogP contribution < -0.4 is 5.32 Å². The number of carbonyl (C=O) groups excluding carboxylic acids is 1. The summed E-state index contributed by atoms with van der Waals surface area (Å²) < 4.78 is 1.78. The number of hydrogen-bond donors (Lipinski definition) is 2. The van der Waals surface area contributed by atoms with Gasteiger partial charge < -0.3 is 10.4 Å². The lowest BCUT2D eigenvalue weighted by Gasteiger charge is -2.23. The molecule has 0 aromatic carbocycles. The van der Waals surface area contributed by atoms with Gasteiger partial charge in [-0.1, -0.05) is 0 Å². The van der Waals surface area contributed by atoms with E-state index in [-0.39, 0.29) is 18.0 Å². The molecule has 0 fully saturated rings. The molecule has 2 heterocycles. The molecular formula is C12H18N4O3. The zero-order valence-electron chi connectivity index (χ0n) is 11.5. The molecule has 2 N–H and O–H groups in total. The van der Waals surface area contributed by atoms with Gasteiger partial charge in [-0.15, -0.1) is 0 Å². The second-order valence-electron chi connectivity index (χ2n) is 5.56. The summed E-state index contributed by atoms with van der Waals surface area (Å²) in [5.74, 6) is -0.338. The Kier molecular flexibility index (Phi) is 3.00. The van der Waals surface area contributed by atoms with Crippen LogP contribution in [-0.4, -0.2) is 38.8 Å². The van der Waals surface area contributed by atoms with Crippen molar-refractivity contribution < 1.29 is 14.7 Å². The maximum Gasteiger partial charge on any atom is 0.408 e. The lowest BCUT2D eigenvalue weighted by atomic mass is 10.1. The Morgan fingerprint density at radius 1 is 1.47 bits per heavy atom. The predicted octanol–water partition coefficient (Wildman–Crippen LogP) is 0.919. The molecule has 0 bridgehead atoms. The molecule has 0 saturated carbocycles. The summed E-state index contributed by atoms with van der Waals surface area (Å²) in [7, 11) is 1.49. The van der Waals surface area contributed by atoms with Gasteiger partial charge in [0.25, 0.3) is 0 Å². The first-order valence-corrected chi connectivity index (χ1v) is 6.05. The van der Waals surface area contributed by atoms with Crippen LogP contribution in [0.1, 0.15) is 38.1 Å². The van der Waals surface area contributed by atoms with Crippen molar-refractivity contribution in [3.05, 3.63) is 17.5 Å². The fraction of sp³-hybridized carbons (Fsp3) is 0.583. The second-order valence-corrected chi connectivity index (χ2v) is 5.56. The first kappa shape index (κ1) is 13.4. The molecule has 1 atom stereocenters. The lowest BCUT2D eigenvalue weighted by molar-refractivity contribution is -0.125. The monoisotopic (exact) mass is 266 g/mol. The summed E-state index contributed by atoms with van der Waals surface area (Å²) in [4.78, 5) is 24.3. The molecule has 0 saturated heterocycles. The number of hydrogen-bond acceptors (Lipinski definition) is 3. The Morgan fingerprint density at radius 3 is 2.58 bits per heavy atom. The van der Waals surface area contributed by atoms with Crippen LogP contribution in [0, 0.1) is 0 Å². The molecule has 7 heteroatoms. The van der Waals surface area contributed by atoms with Gasteiger partial charge >= 0.3 is 6.09 Å². The molecule has 7 nitrogen and oxygen atoms in total. The molecule has 104 valence electrons. The maximum absolute atomic E-state index is 11.9. The minimum atomic E-state index is -1.11. The summed E-state index contributed by atoms with van der Waals surface area (Å²) >= 11 is 0. The number of nitrogens with one attached hydrogen (secondary N) is 1. The van der Waals surface area contributed by atoms with Crippen LogP contribution in [0.2, 0.25) is 0 Å². The Hall–Kier alpha value is -2.05. The molecule has 2 amide bonds. The molecule has 1 aromatic heterocycles. The Bertz CT molecular complexity index is 530. The van der Waals surface area contributed by atoms with E-state index in [1.807, 2.05) is 20.8 Å². The SMILES string of the molecule is CNC(=O)C1c2cnn(C(C)(C)C)c2CN1C(=O)O. The van der Waals surface area contributed by atoms with Crippen molar-refractivity contribution in [3.8, 4) is 0 Å². The molecule has 2 rings (SSSR count). The van der Waals surface area contributed by atoms with Crippen LogP contribution in [0.5, 0.6) is 0 Å². The summed E-state index contributed by atoms with van der Waals surface area (Å²) in [6.07, 6.45) is 0.480. The normalized spacial score (nSPS) is 18.3. The van der Waals surface area contributed by atoms with Crippen LogP contribution in [0.4, 0.5) is 4.79 Å². The minimum Gasteiger partial charge on any atom is -0.465 e. The van der Waals surface area contributed by atoms with Gasteiger partial charge in [-0.25, -0.2) is 4.79 Å². The van der Waals surface area contributed by atoms with Crippen LogP contribution in [0.3, 0.4) is 0 Å². The van der Waals surface area contributed by atoms with Crippen LogP contribution >= 0.6 is 0 Å². The fourth-order valence-electron chi connectivity index (χ4n) is 2.37. The van der Waals surface area contributed by atoms with Gasteiger partial charge in [0.2, 0.25) is 5.91 Å². The Morgan fingerprint density at radius 2 is 2.11 bits per heavy atom. The van der Waals surface area contributed by atoms with Gasteiger partial charge in [0.05, 0.1) is 24.0 Å². The van der Waals surface area contributed by atoms with Gasteiger partial charge in [-0.2, -0.15) is 5.10 Å². The first-order chi connectivity index (χ1) is 8.77. The zero-order chi connectivity index (χ0) is 14.4. The second kappa shape index (κ2) is 4.25. The maximum atomic E-state index is 11.9. The topological polar surface area (TPSA) is 87.5 Å². The number of fused-ring (bicyclic) bond motifs is 1. The number of amides is 2. The van der Waals surface area contributed by atoms with Gasteiger partial charge in [-0.05, 0) is 20.8 Å². The quantitative estimate of drug-likeness (QED) is 0.791.